The fourth-order valence-electron chi connectivity index (χ4n) is 3.73. The zero-order valence-electron chi connectivity index (χ0n) is 13.0. The van der Waals surface area contributed by atoms with Crippen LogP contribution < -0.4 is 10.6 Å². The molecule has 2 heterocycles. The molecule has 0 aromatic heterocycles. The first-order chi connectivity index (χ1) is 11.8. The second-order valence-corrected chi connectivity index (χ2v) is 6.75. The van der Waals surface area contributed by atoms with Crippen LogP contribution in [0, 0.1) is 0 Å². The number of nitrogens with zero attached hydrogens (tertiary/aromatic N) is 2. The number of hydrogen-bond acceptors (Lipinski definition) is 2. The summed E-state index contributed by atoms with van der Waals surface area (Å²) >= 11 is 6.79. The Labute approximate surface area is 145 Å². The summed E-state index contributed by atoms with van der Waals surface area (Å²) in [6.07, 6.45) is 10.1. The summed E-state index contributed by atoms with van der Waals surface area (Å²) in [6.45, 7) is 0. The summed E-state index contributed by atoms with van der Waals surface area (Å²) < 4.78 is 0. The van der Waals surface area contributed by atoms with Crippen molar-refractivity contribution in [3.05, 3.63) is 87.0 Å². The van der Waals surface area contributed by atoms with E-state index in [0.29, 0.717) is 0 Å². The smallest absolute Gasteiger partial charge is 0.0903 e. The van der Waals surface area contributed by atoms with Gasteiger partial charge in [0.25, 0.3) is 0 Å². The van der Waals surface area contributed by atoms with E-state index in [1.807, 2.05) is 12.3 Å². The van der Waals surface area contributed by atoms with E-state index in [0.717, 1.165) is 45.4 Å². The summed E-state index contributed by atoms with van der Waals surface area (Å²) in [5.74, 6) is 0.218. The van der Waals surface area contributed by atoms with Crippen LogP contribution in [0.2, 0.25) is 5.02 Å². The first kappa shape index (κ1) is 13.9. The average Bonchev–Trinajstić information content (AvgIpc) is 3.19. The van der Waals surface area contributed by atoms with Crippen molar-refractivity contribution in [2.24, 2.45) is 9.98 Å². The molecule has 2 aromatic rings. The Kier molecular flexibility index (Phi) is 3.07. The first-order valence-electron chi connectivity index (χ1n) is 8.21. The van der Waals surface area contributed by atoms with Crippen LogP contribution in [-0.2, 0) is 6.42 Å². The lowest BCUT2D eigenvalue weighted by molar-refractivity contribution is 0.909. The maximum absolute atomic E-state index is 6.79. The molecule has 0 spiro atoms. The van der Waals surface area contributed by atoms with Crippen molar-refractivity contribution >= 4 is 29.1 Å². The minimum Gasteiger partial charge on any atom is -0.260 e. The molecule has 2 nitrogen and oxygen atoms in total. The molecule has 3 aliphatic rings. The van der Waals surface area contributed by atoms with Crippen molar-refractivity contribution in [3.8, 4) is 0 Å². The van der Waals surface area contributed by atoms with Gasteiger partial charge < -0.3 is 0 Å². The molecule has 2 aliphatic heterocycles. The zero-order chi connectivity index (χ0) is 16.1. The van der Waals surface area contributed by atoms with E-state index in [2.05, 4.69) is 53.6 Å². The van der Waals surface area contributed by atoms with Crippen LogP contribution in [0.4, 0.5) is 5.69 Å². The van der Waals surface area contributed by atoms with Crippen LogP contribution >= 0.6 is 11.6 Å². The fraction of sp³-hybridized carbons (Fsp3) is 0.143. The molecule has 0 saturated carbocycles. The van der Waals surface area contributed by atoms with Crippen LogP contribution in [-0.4, -0.2) is 6.21 Å². The number of hydrogen-bond donors (Lipinski definition) is 0. The maximum atomic E-state index is 6.79. The number of allylic oxidation sites excluding steroid dienone is 4. The summed E-state index contributed by atoms with van der Waals surface area (Å²) in [6, 6.07) is 12.7. The molecule has 0 fully saturated rings. The fourth-order valence-corrected chi connectivity index (χ4v) is 4.11. The van der Waals surface area contributed by atoms with Gasteiger partial charge >= 0.3 is 0 Å². The van der Waals surface area contributed by atoms with Crippen molar-refractivity contribution in [3.63, 3.8) is 0 Å². The molecule has 0 N–H and O–H groups in total. The number of rotatable bonds is 2. The lowest BCUT2D eigenvalue weighted by Gasteiger charge is -2.11. The Morgan fingerprint density at radius 3 is 2.92 bits per heavy atom. The van der Waals surface area contributed by atoms with E-state index in [1.165, 1.54) is 11.1 Å². The van der Waals surface area contributed by atoms with E-state index in [9.17, 15) is 0 Å². The van der Waals surface area contributed by atoms with Gasteiger partial charge in [-0.1, -0.05) is 54.1 Å². The van der Waals surface area contributed by atoms with E-state index in [4.69, 9.17) is 16.6 Å². The van der Waals surface area contributed by atoms with Gasteiger partial charge in [-0.25, -0.2) is 4.99 Å². The highest BCUT2D eigenvalue weighted by Crippen LogP contribution is 2.38. The maximum Gasteiger partial charge on any atom is 0.0903 e. The molecule has 3 heteroatoms. The summed E-state index contributed by atoms with van der Waals surface area (Å²) in [5, 5.41) is 2.83. The Balaban J connectivity index is 1.65. The van der Waals surface area contributed by atoms with Gasteiger partial charge in [-0.2, -0.15) is 0 Å². The molecule has 1 unspecified atom stereocenters. The monoisotopic (exact) mass is 330 g/mol. The topological polar surface area (TPSA) is 24.7 Å². The molecule has 2 aromatic carbocycles. The average molecular weight is 331 g/mol. The molecule has 0 saturated heterocycles. The normalized spacial score (nSPS) is 19.6. The van der Waals surface area contributed by atoms with Crippen LogP contribution in [0.1, 0.15) is 23.5 Å². The second kappa shape index (κ2) is 5.29. The van der Waals surface area contributed by atoms with Gasteiger partial charge in [-0.15, -0.1) is 0 Å². The Bertz CT molecular complexity index is 1060. The van der Waals surface area contributed by atoms with Crippen molar-refractivity contribution in [2.75, 3.05) is 0 Å². The predicted molar refractivity (Wildman–Crippen MR) is 98.5 cm³/mol. The highest BCUT2D eigenvalue weighted by Gasteiger charge is 2.26. The lowest BCUT2D eigenvalue weighted by atomic mass is 9.92. The van der Waals surface area contributed by atoms with E-state index in [-0.39, 0.29) is 5.92 Å². The molecular formula is C21H15ClN2. The Morgan fingerprint density at radius 1 is 1.17 bits per heavy atom. The molecule has 0 radical (unpaired) electrons. The standard InChI is InChI=1S/C21H15ClN2/c22-20-19-14(10-13-6-2-1-3-7-13)12-23-18(19)11-16-15-8-4-5-9-17(15)24-21(16)20/h1-7,9,11-12,14H,8,10H2. The van der Waals surface area contributed by atoms with Crippen LogP contribution in [0.25, 0.3) is 5.57 Å². The molecular weight excluding hydrogens is 316 g/mol. The summed E-state index contributed by atoms with van der Waals surface area (Å²) in [4.78, 5) is 9.43. The highest BCUT2D eigenvalue weighted by molar-refractivity contribution is 6.32. The Morgan fingerprint density at radius 2 is 2.04 bits per heavy atom. The molecule has 0 bridgehead atoms. The summed E-state index contributed by atoms with van der Waals surface area (Å²) in [5.41, 5.74) is 5.72. The van der Waals surface area contributed by atoms with Crippen LogP contribution in [0.5, 0.6) is 0 Å². The third kappa shape index (κ3) is 2.03. The lowest BCUT2D eigenvalue weighted by Crippen LogP contribution is -2.26. The van der Waals surface area contributed by atoms with Gasteiger partial charge in [0.15, 0.2) is 0 Å². The second-order valence-electron chi connectivity index (χ2n) is 6.37. The molecule has 24 heavy (non-hydrogen) atoms. The van der Waals surface area contributed by atoms with Crippen molar-refractivity contribution in [1.29, 1.82) is 0 Å². The van der Waals surface area contributed by atoms with Gasteiger partial charge in [-0.05, 0) is 36.1 Å². The van der Waals surface area contributed by atoms with Gasteiger partial charge in [0.05, 0.1) is 21.8 Å². The van der Waals surface area contributed by atoms with E-state index < -0.39 is 0 Å². The number of aliphatic imine (C=N–C) groups is 1. The van der Waals surface area contributed by atoms with E-state index >= 15 is 0 Å². The largest absolute Gasteiger partial charge is 0.260 e. The molecule has 5 rings (SSSR count). The zero-order valence-corrected chi connectivity index (χ0v) is 13.8. The molecule has 0 amide bonds. The van der Waals surface area contributed by atoms with Gasteiger partial charge in [0.2, 0.25) is 0 Å². The first-order valence-corrected chi connectivity index (χ1v) is 8.58. The number of benzene rings is 2. The van der Waals surface area contributed by atoms with Crippen LogP contribution in [0.3, 0.4) is 0 Å². The van der Waals surface area contributed by atoms with Gasteiger partial charge in [0.1, 0.15) is 0 Å². The Hall–Kier alpha value is -2.45. The predicted octanol–water partition coefficient (Wildman–Crippen LogP) is 4.01. The third-order valence-corrected chi connectivity index (χ3v) is 5.28. The number of fused-ring (bicyclic) bond motifs is 3. The molecule has 1 atom stereocenters. The minimum absolute atomic E-state index is 0.218. The van der Waals surface area contributed by atoms with E-state index in [1.54, 1.807) is 0 Å². The summed E-state index contributed by atoms with van der Waals surface area (Å²) in [7, 11) is 0. The SMILES string of the molecule is Clc1c2c(cc3c1=NC1=CC=CCC=31)N=CC2Cc1ccccc1. The quantitative estimate of drug-likeness (QED) is 0.795. The molecule has 116 valence electrons. The molecule has 1 aliphatic carbocycles. The third-order valence-electron chi connectivity index (χ3n) is 4.90. The minimum atomic E-state index is 0.218. The van der Waals surface area contributed by atoms with Crippen molar-refractivity contribution in [2.45, 2.75) is 18.8 Å². The van der Waals surface area contributed by atoms with Gasteiger partial charge in [0, 0.05) is 22.9 Å². The van der Waals surface area contributed by atoms with Crippen molar-refractivity contribution in [1.82, 2.24) is 0 Å². The highest BCUT2D eigenvalue weighted by atomic mass is 35.5. The van der Waals surface area contributed by atoms with Gasteiger partial charge in [-0.3, -0.25) is 4.99 Å². The number of halogens is 1. The van der Waals surface area contributed by atoms with Crippen molar-refractivity contribution < 1.29 is 0 Å². The van der Waals surface area contributed by atoms with Crippen LogP contribution in [0.15, 0.2) is 70.3 Å².